The maximum Gasteiger partial charge on any atom is 0.299 e. The lowest BCUT2D eigenvalue weighted by atomic mass is 10.1. The maximum atomic E-state index is 12.1. The second-order valence-electron chi connectivity index (χ2n) is 4.58. The first-order chi connectivity index (χ1) is 9.61. The number of amides is 1. The number of carbonyl (C=O) groups excluding carboxylic acids is 2. The zero-order valence-corrected chi connectivity index (χ0v) is 12.4. The molecule has 1 aliphatic heterocycles. The number of hydrogen-bond donors (Lipinski definition) is 0. The van der Waals surface area contributed by atoms with E-state index in [0.717, 1.165) is 11.3 Å². The number of nitrogens with zero attached hydrogens (tertiary/aromatic N) is 1. The van der Waals surface area contributed by atoms with Crippen molar-refractivity contribution in [3.63, 3.8) is 0 Å². The van der Waals surface area contributed by atoms with E-state index in [1.165, 1.54) is 9.78 Å². The first-order valence-corrected chi connectivity index (χ1v) is 7.53. The predicted octanol–water partition coefficient (Wildman–Crippen LogP) is 3.69. The summed E-state index contributed by atoms with van der Waals surface area (Å²) in [7, 11) is 0. The third-order valence-corrected chi connectivity index (χ3v) is 4.84. The fourth-order valence-electron chi connectivity index (χ4n) is 2.32. The standard InChI is InChI=1S/C15H12ClNO2S/c1-2-9-6-7-10(20-9)8-17-13-11(14(18)15(17)19)4-3-5-12(13)16/h3-7H,2,8H2,1H3. The number of rotatable bonds is 3. The van der Waals surface area contributed by atoms with Crippen molar-refractivity contribution in [1.29, 1.82) is 0 Å². The van der Waals surface area contributed by atoms with E-state index in [2.05, 4.69) is 13.0 Å². The summed E-state index contributed by atoms with van der Waals surface area (Å²) in [6, 6.07) is 9.08. The van der Waals surface area contributed by atoms with Gasteiger partial charge >= 0.3 is 0 Å². The van der Waals surface area contributed by atoms with Crippen LogP contribution >= 0.6 is 22.9 Å². The summed E-state index contributed by atoms with van der Waals surface area (Å²) in [4.78, 5) is 27.9. The molecule has 1 aromatic carbocycles. The van der Waals surface area contributed by atoms with E-state index in [-0.39, 0.29) is 0 Å². The van der Waals surface area contributed by atoms with Crippen LogP contribution in [0, 0.1) is 0 Å². The van der Waals surface area contributed by atoms with Crippen LogP contribution in [0.4, 0.5) is 5.69 Å². The second-order valence-corrected chi connectivity index (χ2v) is 6.24. The Balaban J connectivity index is 1.98. The van der Waals surface area contributed by atoms with Crippen LogP contribution in [0.5, 0.6) is 0 Å². The van der Waals surface area contributed by atoms with Crippen LogP contribution in [-0.4, -0.2) is 11.7 Å². The Labute approximate surface area is 125 Å². The molecule has 0 atom stereocenters. The predicted molar refractivity (Wildman–Crippen MR) is 80.7 cm³/mol. The highest BCUT2D eigenvalue weighted by atomic mass is 35.5. The fraction of sp³-hybridized carbons (Fsp3) is 0.200. The monoisotopic (exact) mass is 305 g/mol. The first kappa shape index (κ1) is 13.3. The van der Waals surface area contributed by atoms with Crippen LogP contribution in [0.3, 0.4) is 0 Å². The number of ketones is 1. The van der Waals surface area contributed by atoms with Gasteiger partial charge < -0.3 is 0 Å². The smallest absolute Gasteiger partial charge is 0.298 e. The molecular weight excluding hydrogens is 294 g/mol. The summed E-state index contributed by atoms with van der Waals surface area (Å²) in [5.41, 5.74) is 0.936. The largest absolute Gasteiger partial charge is 0.299 e. The Kier molecular flexibility index (Phi) is 3.36. The van der Waals surface area contributed by atoms with Gasteiger partial charge in [-0.05, 0) is 30.7 Å². The minimum absolute atomic E-state index is 0.395. The van der Waals surface area contributed by atoms with Gasteiger partial charge in [0, 0.05) is 9.75 Å². The normalized spacial score (nSPS) is 14.0. The van der Waals surface area contributed by atoms with E-state index < -0.39 is 11.7 Å². The number of para-hydroxylation sites is 1. The molecule has 2 aromatic rings. The summed E-state index contributed by atoms with van der Waals surface area (Å²) >= 11 is 7.81. The average molecular weight is 306 g/mol. The zero-order valence-electron chi connectivity index (χ0n) is 10.9. The van der Waals surface area contributed by atoms with Gasteiger partial charge in [0.15, 0.2) is 0 Å². The summed E-state index contributed by atoms with van der Waals surface area (Å²) in [5, 5.41) is 0.439. The van der Waals surface area contributed by atoms with E-state index in [1.807, 2.05) is 6.07 Å². The Bertz CT molecular complexity index is 708. The number of halogens is 1. The minimum atomic E-state index is -0.500. The Morgan fingerprint density at radius 2 is 1.90 bits per heavy atom. The molecule has 1 aliphatic rings. The van der Waals surface area contributed by atoms with Gasteiger partial charge in [0.05, 0.1) is 22.8 Å². The molecule has 0 N–H and O–H groups in total. The molecule has 2 heterocycles. The van der Waals surface area contributed by atoms with E-state index in [0.29, 0.717) is 22.8 Å². The van der Waals surface area contributed by atoms with Crippen molar-refractivity contribution in [1.82, 2.24) is 0 Å². The summed E-state index contributed by atoms with van der Waals surface area (Å²) < 4.78 is 0. The zero-order chi connectivity index (χ0) is 14.3. The summed E-state index contributed by atoms with van der Waals surface area (Å²) in [6.45, 7) is 2.48. The van der Waals surface area contributed by atoms with Crippen molar-refractivity contribution >= 4 is 40.3 Å². The van der Waals surface area contributed by atoms with E-state index in [9.17, 15) is 9.59 Å². The highest BCUT2D eigenvalue weighted by molar-refractivity contribution is 7.12. The fourth-order valence-corrected chi connectivity index (χ4v) is 3.54. The molecule has 102 valence electrons. The molecule has 3 nitrogen and oxygen atoms in total. The molecular formula is C15H12ClNO2S. The Morgan fingerprint density at radius 1 is 1.15 bits per heavy atom. The van der Waals surface area contributed by atoms with Crippen molar-refractivity contribution in [3.05, 3.63) is 50.7 Å². The maximum absolute atomic E-state index is 12.1. The molecule has 0 radical (unpaired) electrons. The topological polar surface area (TPSA) is 37.4 Å². The molecule has 0 bridgehead atoms. The number of fused-ring (bicyclic) bond motifs is 1. The van der Waals surface area contributed by atoms with Crippen molar-refractivity contribution in [2.75, 3.05) is 4.90 Å². The lowest BCUT2D eigenvalue weighted by Crippen LogP contribution is -2.28. The molecule has 0 saturated carbocycles. The van der Waals surface area contributed by atoms with Gasteiger partial charge in [-0.1, -0.05) is 24.6 Å². The molecule has 0 fully saturated rings. The van der Waals surface area contributed by atoms with Crippen molar-refractivity contribution in [2.45, 2.75) is 19.9 Å². The first-order valence-electron chi connectivity index (χ1n) is 6.34. The third kappa shape index (κ3) is 2.05. The molecule has 0 unspecified atom stereocenters. The molecule has 0 saturated heterocycles. The number of thiophene rings is 1. The average Bonchev–Trinajstić information content (AvgIpc) is 2.99. The SMILES string of the molecule is CCc1ccc(CN2C(=O)C(=O)c3cccc(Cl)c32)s1. The van der Waals surface area contributed by atoms with Gasteiger partial charge in [0.1, 0.15) is 0 Å². The van der Waals surface area contributed by atoms with E-state index >= 15 is 0 Å². The molecule has 1 aromatic heterocycles. The van der Waals surface area contributed by atoms with Crippen LogP contribution < -0.4 is 4.90 Å². The third-order valence-electron chi connectivity index (χ3n) is 3.32. The molecule has 3 rings (SSSR count). The van der Waals surface area contributed by atoms with Gasteiger partial charge in [0.2, 0.25) is 0 Å². The molecule has 0 spiro atoms. The van der Waals surface area contributed by atoms with Crippen LogP contribution in [0.1, 0.15) is 27.0 Å². The van der Waals surface area contributed by atoms with Crippen LogP contribution in [0.2, 0.25) is 5.02 Å². The molecule has 5 heteroatoms. The highest BCUT2D eigenvalue weighted by Crippen LogP contribution is 2.37. The van der Waals surface area contributed by atoms with E-state index in [4.69, 9.17) is 11.6 Å². The van der Waals surface area contributed by atoms with Crippen molar-refractivity contribution in [3.8, 4) is 0 Å². The quantitative estimate of drug-likeness (QED) is 0.811. The Morgan fingerprint density at radius 3 is 2.60 bits per heavy atom. The van der Waals surface area contributed by atoms with Crippen LogP contribution in [-0.2, 0) is 17.8 Å². The number of anilines is 1. The number of carbonyl (C=O) groups is 2. The van der Waals surface area contributed by atoms with Crippen LogP contribution in [0.15, 0.2) is 30.3 Å². The summed E-state index contributed by atoms with van der Waals surface area (Å²) in [5.74, 6) is -0.977. The molecule has 1 amide bonds. The molecule has 0 aliphatic carbocycles. The summed E-state index contributed by atoms with van der Waals surface area (Å²) in [6.07, 6.45) is 0.967. The second kappa shape index (κ2) is 5.04. The van der Waals surface area contributed by atoms with Gasteiger partial charge in [-0.2, -0.15) is 0 Å². The number of hydrogen-bond acceptors (Lipinski definition) is 3. The number of aryl methyl sites for hydroxylation is 1. The lowest BCUT2D eigenvalue weighted by molar-refractivity contribution is -0.114. The van der Waals surface area contributed by atoms with Gasteiger partial charge in [-0.15, -0.1) is 11.3 Å². The van der Waals surface area contributed by atoms with Gasteiger partial charge in [-0.3, -0.25) is 14.5 Å². The number of Topliss-reactive ketones (excluding diaryl/α,β-unsaturated/α-hetero) is 1. The van der Waals surface area contributed by atoms with Crippen molar-refractivity contribution in [2.24, 2.45) is 0 Å². The lowest BCUT2D eigenvalue weighted by Gasteiger charge is -2.16. The van der Waals surface area contributed by atoms with Gasteiger partial charge in [0.25, 0.3) is 11.7 Å². The van der Waals surface area contributed by atoms with Crippen molar-refractivity contribution < 1.29 is 9.59 Å². The number of benzene rings is 1. The van der Waals surface area contributed by atoms with E-state index in [1.54, 1.807) is 29.5 Å². The Hall–Kier alpha value is -1.65. The van der Waals surface area contributed by atoms with Gasteiger partial charge in [-0.25, -0.2) is 0 Å². The molecule has 20 heavy (non-hydrogen) atoms. The van der Waals surface area contributed by atoms with Crippen LogP contribution in [0.25, 0.3) is 0 Å². The minimum Gasteiger partial charge on any atom is -0.298 e. The highest BCUT2D eigenvalue weighted by Gasteiger charge is 2.37.